The minimum atomic E-state index is -4.89. The number of halogens is 3. The second-order valence-electron chi connectivity index (χ2n) is 14.8. The number of aliphatic hydroxyl groups is 2. The largest absolute Gasteiger partial charge is 0.573 e. The molecular weight excluding hydrogens is 818 g/mol. The van der Waals surface area contributed by atoms with Gasteiger partial charge in [-0.1, -0.05) is 0 Å². The van der Waals surface area contributed by atoms with E-state index in [1.807, 2.05) is 26.0 Å². The highest BCUT2D eigenvalue weighted by Crippen LogP contribution is 2.38. The Morgan fingerprint density at radius 1 is 0.887 bits per heavy atom. The summed E-state index contributed by atoms with van der Waals surface area (Å²) in [5, 5.41) is 30.2. The first-order valence-corrected chi connectivity index (χ1v) is 20.3. The summed E-state index contributed by atoms with van der Waals surface area (Å²) in [6, 6.07) is 4.47. The third kappa shape index (κ3) is 10.3. The number of benzene rings is 1. The minimum absolute atomic E-state index is 0.0450. The number of alkyl halides is 3. The number of hydrogen-bond donors (Lipinski definition) is 3. The molecule has 0 saturated carbocycles. The number of aromatic nitrogens is 6. The summed E-state index contributed by atoms with van der Waals surface area (Å²) in [4.78, 5) is 52.3. The average molecular weight is 869 g/mol. The topological polar surface area (TPSA) is 203 Å². The predicted molar refractivity (Wildman–Crippen MR) is 220 cm³/mol. The molecule has 18 nitrogen and oxygen atoms in total. The quantitative estimate of drug-likeness (QED) is 0.130. The number of carbonyl (C=O) groups is 3. The van der Waals surface area contributed by atoms with Crippen LogP contribution in [0.4, 0.5) is 30.5 Å². The Labute approximate surface area is 355 Å². The molecule has 1 aliphatic heterocycles. The second-order valence-corrected chi connectivity index (χ2v) is 14.8. The number of likely N-dealkylation sites (N-methyl/N-ethyl adjacent to an activating group) is 1. The molecule has 1 aromatic carbocycles. The van der Waals surface area contributed by atoms with Crippen molar-refractivity contribution in [1.82, 2.24) is 39.3 Å². The molecule has 1 saturated heterocycles. The van der Waals surface area contributed by atoms with Crippen LogP contribution in [-0.4, -0.2) is 147 Å². The molecule has 3 aliphatic rings. The van der Waals surface area contributed by atoms with Gasteiger partial charge in [-0.3, -0.25) is 14.2 Å². The number of nitrogens with one attached hydrogen (secondary N) is 1. The smallest absolute Gasteiger partial charge is 0.461 e. The number of aliphatic hydroxyl groups excluding tert-OH is 2. The van der Waals surface area contributed by atoms with E-state index in [1.54, 1.807) is 38.4 Å². The fourth-order valence-electron chi connectivity index (χ4n) is 7.52. The minimum Gasteiger partial charge on any atom is -0.461 e. The van der Waals surface area contributed by atoms with E-state index in [1.165, 1.54) is 15.4 Å². The molecule has 0 amide bonds. The molecule has 0 atom stereocenters. The zero-order valence-corrected chi connectivity index (χ0v) is 35.3. The van der Waals surface area contributed by atoms with Gasteiger partial charge in [0, 0.05) is 75.1 Å². The molecule has 4 heterocycles. The molecule has 0 spiro atoms. The van der Waals surface area contributed by atoms with E-state index in [4.69, 9.17) is 14.6 Å². The van der Waals surface area contributed by atoms with Crippen LogP contribution in [0.3, 0.4) is 0 Å². The second kappa shape index (κ2) is 19.8. The van der Waals surface area contributed by atoms with Gasteiger partial charge in [-0.15, -0.1) is 13.2 Å². The SMILES string of the molecule is CCOC(=O)c1nn(CCO)c2c1CC/C(=C\N(C)C)C2=O.CCOC(=O)c1nn(CCO)c2c1CCc1cnc(Nc3cc(N4CCN(C)CC4)ccc3OC(F)(F)F)nc1-2. The number of ether oxygens (including phenoxy) is 3. The molecule has 7 rings (SSSR count). The number of aryl methyl sites for hydroxylation is 1. The van der Waals surface area contributed by atoms with E-state index < -0.39 is 24.1 Å². The first-order valence-electron chi connectivity index (χ1n) is 20.3. The summed E-state index contributed by atoms with van der Waals surface area (Å²) in [5.74, 6) is -1.61. The van der Waals surface area contributed by atoms with Crippen LogP contribution >= 0.6 is 0 Å². The zero-order chi connectivity index (χ0) is 44.7. The molecule has 1 fully saturated rings. The third-order valence-electron chi connectivity index (χ3n) is 10.3. The Bertz CT molecular complexity index is 2300. The first-order chi connectivity index (χ1) is 29.7. The Kier molecular flexibility index (Phi) is 14.5. The number of hydrogen-bond acceptors (Lipinski definition) is 16. The summed E-state index contributed by atoms with van der Waals surface area (Å²) in [6.07, 6.45) is 0.628. The van der Waals surface area contributed by atoms with Gasteiger partial charge in [-0.25, -0.2) is 19.6 Å². The first kappa shape index (κ1) is 45.5. The summed E-state index contributed by atoms with van der Waals surface area (Å²) >= 11 is 0. The van der Waals surface area contributed by atoms with Gasteiger partial charge in [0.15, 0.2) is 17.1 Å². The lowest BCUT2D eigenvalue weighted by Crippen LogP contribution is -2.44. The summed E-state index contributed by atoms with van der Waals surface area (Å²) in [7, 11) is 5.72. The lowest BCUT2D eigenvalue weighted by Gasteiger charge is -2.34. The van der Waals surface area contributed by atoms with Gasteiger partial charge in [0.25, 0.3) is 0 Å². The van der Waals surface area contributed by atoms with Crippen LogP contribution in [0.1, 0.15) is 68.4 Å². The molecule has 4 aromatic rings. The lowest BCUT2D eigenvalue weighted by molar-refractivity contribution is -0.274. The Morgan fingerprint density at radius 2 is 1.48 bits per heavy atom. The third-order valence-corrected chi connectivity index (χ3v) is 10.3. The van der Waals surface area contributed by atoms with Crippen molar-refractivity contribution in [3.05, 3.63) is 69.9 Å². The fourth-order valence-corrected chi connectivity index (χ4v) is 7.52. The maximum atomic E-state index is 13.2. The van der Waals surface area contributed by atoms with Gasteiger partial charge in [0.1, 0.15) is 5.69 Å². The summed E-state index contributed by atoms with van der Waals surface area (Å²) in [5.41, 5.74) is 5.26. The molecule has 21 heteroatoms. The highest BCUT2D eigenvalue weighted by atomic mass is 19.4. The maximum absolute atomic E-state index is 13.2. The van der Waals surface area contributed by atoms with Crippen molar-refractivity contribution < 1.29 is 52.0 Å². The highest BCUT2D eigenvalue weighted by molar-refractivity contribution is 6.11. The molecular formula is C41H51F3N10O8. The number of Topliss-reactive ketones (excluding diaryl/α,β-unsaturated/α-hetero) is 1. The Morgan fingerprint density at radius 3 is 2.06 bits per heavy atom. The normalized spacial score (nSPS) is 15.5. The Hall–Kier alpha value is -6.06. The maximum Gasteiger partial charge on any atom is 0.573 e. The van der Waals surface area contributed by atoms with E-state index >= 15 is 0 Å². The van der Waals surface area contributed by atoms with Crippen LogP contribution in [0.5, 0.6) is 5.75 Å². The van der Waals surface area contributed by atoms with Crippen LogP contribution in [0.25, 0.3) is 11.4 Å². The molecule has 2 aliphatic carbocycles. The Balaban J connectivity index is 0.000000246. The monoisotopic (exact) mass is 868 g/mol. The number of fused-ring (bicyclic) bond motifs is 4. The van der Waals surface area contributed by atoms with Crippen molar-refractivity contribution in [3.63, 3.8) is 0 Å². The van der Waals surface area contributed by atoms with Crippen LogP contribution in [0, 0.1) is 0 Å². The van der Waals surface area contributed by atoms with E-state index in [0.717, 1.165) is 37.4 Å². The number of nitrogens with zero attached hydrogens (tertiary/aromatic N) is 9. The van der Waals surface area contributed by atoms with Gasteiger partial charge in [-0.2, -0.15) is 10.2 Å². The van der Waals surface area contributed by atoms with Gasteiger partial charge >= 0.3 is 18.3 Å². The highest BCUT2D eigenvalue weighted by Gasteiger charge is 2.35. The number of rotatable bonds is 13. The van der Waals surface area contributed by atoms with Gasteiger partial charge < -0.3 is 44.4 Å². The van der Waals surface area contributed by atoms with E-state index in [0.29, 0.717) is 59.5 Å². The van der Waals surface area contributed by atoms with Crippen molar-refractivity contribution in [3.8, 4) is 17.1 Å². The summed E-state index contributed by atoms with van der Waals surface area (Å²) < 4.78 is 57.0. The van der Waals surface area contributed by atoms with Gasteiger partial charge in [0.2, 0.25) is 11.7 Å². The number of allylic oxidation sites excluding steroid dienone is 1. The molecule has 62 heavy (non-hydrogen) atoms. The molecule has 0 bridgehead atoms. The van der Waals surface area contributed by atoms with Crippen molar-refractivity contribution >= 4 is 35.0 Å². The number of ketones is 1. The lowest BCUT2D eigenvalue weighted by atomic mass is 9.90. The number of esters is 2. The van der Waals surface area contributed by atoms with Crippen molar-refractivity contribution in [2.75, 3.05) is 84.0 Å². The van der Waals surface area contributed by atoms with Crippen LogP contribution in [-0.2, 0) is 41.8 Å². The molecule has 0 unspecified atom stereocenters. The van der Waals surface area contributed by atoms with E-state index in [-0.39, 0.29) is 68.3 Å². The number of anilines is 3. The fraction of sp³-hybridized carbons (Fsp3) is 0.488. The van der Waals surface area contributed by atoms with Crippen LogP contribution in [0.15, 0.2) is 36.2 Å². The number of carbonyl (C=O) groups excluding carboxylic acids is 3. The average Bonchev–Trinajstić information content (AvgIpc) is 3.79. The van der Waals surface area contributed by atoms with E-state index in [9.17, 15) is 32.7 Å². The van der Waals surface area contributed by atoms with Crippen molar-refractivity contribution in [2.24, 2.45) is 0 Å². The molecule has 0 radical (unpaired) electrons. The van der Waals surface area contributed by atoms with Crippen molar-refractivity contribution in [1.29, 1.82) is 0 Å². The van der Waals surface area contributed by atoms with Crippen LogP contribution in [0.2, 0.25) is 0 Å². The van der Waals surface area contributed by atoms with Gasteiger partial charge in [0.05, 0.1) is 56.6 Å². The summed E-state index contributed by atoms with van der Waals surface area (Å²) in [6.45, 7) is 6.87. The molecule has 3 N–H and O–H groups in total. The predicted octanol–water partition coefficient (Wildman–Crippen LogP) is 3.63. The standard InChI is InChI=1S/C26H30F3N7O4.C15H21N3O4/c1-3-39-24(38)22-18-6-4-16-15-30-25(32-21(16)23(18)36(33-22)12-13-37)31-19-14-17(35-10-8-34(2)9-11-35)5-7-20(19)40-26(27,28)29;1-4-22-15(21)12-11-6-5-10(9-17(2)3)14(20)13(11)18(16-12)7-8-19/h5,7,14-15,37H,3-4,6,8-13H2,1-2H3,(H,30,31,32);9,19H,4-8H2,1-3H3/b;10-9+. The zero-order valence-electron chi connectivity index (χ0n) is 35.3. The number of piperazine rings is 1. The van der Waals surface area contributed by atoms with E-state index in [2.05, 4.69) is 40.0 Å². The van der Waals surface area contributed by atoms with Crippen LogP contribution < -0.4 is 15.0 Å². The molecule has 3 aromatic heterocycles. The molecule has 334 valence electrons. The van der Waals surface area contributed by atoms with Gasteiger partial charge in [-0.05, 0) is 70.3 Å². The van der Waals surface area contributed by atoms with Crippen molar-refractivity contribution in [2.45, 2.75) is 59.0 Å².